The second-order valence-electron chi connectivity index (χ2n) is 3.71. The fraction of sp³-hybridized carbons (Fsp3) is 0.400. The Morgan fingerprint density at radius 2 is 2.11 bits per heavy atom. The molecule has 1 aromatic carbocycles. The van der Waals surface area contributed by atoms with Gasteiger partial charge in [0.1, 0.15) is 5.69 Å². The minimum atomic E-state index is -4.63. The van der Waals surface area contributed by atoms with E-state index < -0.39 is 28.4 Å². The maximum absolute atomic E-state index is 12.4. The number of rotatable bonds is 4. The zero-order valence-electron chi connectivity index (χ0n) is 9.36. The number of benzene rings is 1. The number of alkyl halides is 3. The van der Waals surface area contributed by atoms with E-state index in [9.17, 15) is 23.3 Å². The highest BCUT2D eigenvalue weighted by Crippen LogP contribution is 2.35. The lowest BCUT2D eigenvalue weighted by atomic mass is 10.1. The molecule has 2 N–H and O–H groups in total. The van der Waals surface area contributed by atoms with Gasteiger partial charge in [-0.1, -0.05) is 0 Å². The third kappa shape index (κ3) is 3.33. The molecule has 0 aliphatic carbocycles. The van der Waals surface area contributed by atoms with E-state index >= 15 is 0 Å². The van der Waals surface area contributed by atoms with Crippen molar-refractivity contribution in [2.45, 2.75) is 19.1 Å². The monoisotopic (exact) mass is 264 g/mol. The minimum Gasteiger partial charge on any atom is -0.394 e. The highest BCUT2D eigenvalue weighted by Gasteiger charge is 2.33. The molecular formula is C10H11F3N2O3. The fourth-order valence-corrected chi connectivity index (χ4v) is 1.29. The predicted octanol–water partition coefficient (Wildman–Crippen LogP) is 2.41. The van der Waals surface area contributed by atoms with E-state index in [-0.39, 0.29) is 12.3 Å². The number of nitro benzene ring substituents is 1. The molecular weight excluding hydrogens is 253 g/mol. The first-order chi connectivity index (χ1) is 8.25. The molecule has 0 fully saturated rings. The van der Waals surface area contributed by atoms with Crippen molar-refractivity contribution in [2.75, 3.05) is 11.9 Å². The molecule has 0 saturated carbocycles. The maximum Gasteiger partial charge on any atom is 0.416 e. The summed E-state index contributed by atoms with van der Waals surface area (Å²) < 4.78 is 37.2. The highest BCUT2D eigenvalue weighted by molar-refractivity contribution is 5.63. The normalized spacial score (nSPS) is 13.2. The summed E-state index contributed by atoms with van der Waals surface area (Å²) in [6, 6.07) is 1.69. The first kappa shape index (κ1) is 14.2. The van der Waals surface area contributed by atoms with Gasteiger partial charge in [0.15, 0.2) is 0 Å². The molecule has 0 amide bonds. The van der Waals surface area contributed by atoms with Gasteiger partial charge in [0.25, 0.3) is 5.69 Å². The lowest BCUT2D eigenvalue weighted by molar-refractivity contribution is -0.384. The number of aliphatic hydroxyl groups is 1. The van der Waals surface area contributed by atoms with Crippen molar-refractivity contribution in [3.63, 3.8) is 0 Å². The van der Waals surface area contributed by atoms with Gasteiger partial charge in [-0.3, -0.25) is 10.1 Å². The van der Waals surface area contributed by atoms with Crippen molar-refractivity contribution in [3.8, 4) is 0 Å². The van der Waals surface area contributed by atoms with Gasteiger partial charge in [0, 0.05) is 12.1 Å². The van der Waals surface area contributed by atoms with E-state index in [1.807, 2.05) is 0 Å². The molecule has 1 aromatic rings. The van der Waals surface area contributed by atoms with Crippen LogP contribution in [0.2, 0.25) is 0 Å². The molecule has 0 aliphatic heterocycles. The van der Waals surface area contributed by atoms with Crippen LogP contribution in [0.5, 0.6) is 0 Å². The van der Waals surface area contributed by atoms with Crippen molar-refractivity contribution < 1.29 is 23.2 Å². The summed E-state index contributed by atoms with van der Waals surface area (Å²) in [6.07, 6.45) is -4.63. The van der Waals surface area contributed by atoms with Gasteiger partial charge in [0.05, 0.1) is 17.1 Å². The summed E-state index contributed by atoms with van der Waals surface area (Å²) in [5, 5.41) is 22.1. The molecule has 0 aliphatic rings. The number of halogens is 3. The van der Waals surface area contributed by atoms with E-state index in [1.165, 1.54) is 0 Å². The molecule has 100 valence electrons. The Balaban J connectivity index is 3.17. The van der Waals surface area contributed by atoms with E-state index in [1.54, 1.807) is 6.92 Å². The molecule has 1 rings (SSSR count). The molecule has 0 unspecified atom stereocenters. The Hall–Kier alpha value is -1.83. The largest absolute Gasteiger partial charge is 0.416 e. The molecule has 5 nitrogen and oxygen atoms in total. The van der Waals surface area contributed by atoms with Crippen LogP contribution < -0.4 is 5.32 Å². The van der Waals surface area contributed by atoms with E-state index in [0.717, 1.165) is 12.1 Å². The zero-order valence-corrected chi connectivity index (χ0v) is 9.36. The lowest BCUT2D eigenvalue weighted by Gasteiger charge is -2.14. The SMILES string of the molecule is C[C@H](CO)Nc1ccc(C(F)(F)F)cc1[N+](=O)[O-]. The third-order valence-electron chi connectivity index (χ3n) is 2.20. The third-order valence-corrected chi connectivity index (χ3v) is 2.20. The molecule has 0 heterocycles. The molecule has 1 atom stereocenters. The molecule has 0 radical (unpaired) electrons. The number of nitrogens with zero attached hydrogens (tertiary/aromatic N) is 1. The summed E-state index contributed by atoms with van der Waals surface area (Å²) in [6.45, 7) is 1.25. The van der Waals surface area contributed by atoms with Gasteiger partial charge >= 0.3 is 6.18 Å². The molecule has 18 heavy (non-hydrogen) atoms. The van der Waals surface area contributed by atoms with Crippen LogP contribution >= 0.6 is 0 Å². The summed E-state index contributed by atoms with van der Waals surface area (Å²) in [4.78, 5) is 9.81. The van der Waals surface area contributed by atoms with Crippen molar-refractivity contribution in [1.29, 1.82) is 0 Å². The summed E-state index contributed by atoms with van der Waals surface area (Å²) >= 11 is 0. The number of hydrogen-bond acceptors (Lipinski definition) is 4. The summed E-state index contributed by atoms with van der Waals surface area (Å²) in [5.74, 6) is 0. The smallest absolute Gasteiger partial charge is 0.394 e. The second kappa shape index (κ2) is 5.21. The average Bonchev–Trinajstić information content (AvgIpc) is 2.27. The van der Waals surface area contributed by atoms with Gasteiger partial charge in [-0.05, 0) is 19.1 Å². The molecule has 0 saturated heterocycles. The van der Waals surface area contributed by atoms with Crippen molar-refractivity contribution in [2.24, 2.45) is 0 Å². The topological polar surface area (TPSA) is 75.4 Å². The van der Waals surface area contributed by atoms with E-state index in [2.05, 4.69) is 5.32 Å². The molecule has 0 bridgehead atoms. The standard InChI is InChI=1S/C10H11F3N2O3/c1-6(5-16)14-8-3-2-7(10(11,12)13)4-9(8)15(17)18/h2-4,6,14,16H,5H2,1H3/t6-/m1/s1. The van der Waals surface area contributed by atoms with Gasteiger partial charge in [-0.15, -0.1) is 0 Å². The van der Waals surface area contributed by atoms with Crippen LogP contribution in [0.1, 0.15) is 12.5 Å². The van der Waals surface area contributed by atoms with Crippen LogP contribution in [0.4, 0.5) is 24.5 Å². The Kier molecular flexibility index (Phi) is 4.12. The number of nitro groups is 1. The van der Waals surface area contributed by atoms with Crippen LogP contribution in [0.15, 0.2) is 18.2 Å². The quantitative estimate of drug-likeness (QED) is 0.646. The number of aliphatic hydroxyl groups excluding tert-OH is 1. The average molecular weight is 264 g/mol. The second-order valence-corrected chi connectivity index (χ2v) is 3.71. The maximum atomic E-state index is 12.4. The number of hydrogen-bond donors (Lipinski definition) is 2. The van der Waals surface area contributed by atoms with Crippen molar-refractivity contribution in [1.82, 2.24) is 0 Å². The van der Waals surface area contributed by atoms with Crippen LogP contribution in [0.3, 0.4) is 0 Å². The van der Waals surface area contributed by atoms with Crippen LogP contribution in [-0.4, -0.2) is 22.7 Å². The molecule has 0 spiro atoms. The Morgan fingerprint density at radius 3 is 2.56 bits per heavy atom. The fourth-order valence-electron chi connectivity index (χ4n) is 1.29. The van der Waals surface area contributed by atoms with Crippen molar-refractivity contribution >= 4 is 11.4 Å². The predicted molar refractivity (Wildman–Crippen MR) is 58.3 cm³/mol. The summed E-state index contributed by atoms with van der Waals surface area (Å²) in [5.41, 5.74) is -1.82. The Morgan fingerprint density at radius 1 is 1.50 bits per heavy atom. The van der Waals surface area contributed by atoms with E-state index in [0.29, 0.717) is 6.07 Å². The summed E-state index contributed by atoms with van der Waals surface area (Å²) in [7, 11) is 0. The van der Waals surface area contributed by atoms with Gasteiger partial charge in [0.2, 0.25) is 0 Å². The van der Waals surface area contributed by atoms with Gasteiger partial charge in [-0.2, -0.15) is 13.2 Å². The van der Waals surface area contributed by atoms with Gasteiger partial charge in [-0.25, -0.2) is 0 Å². The van der Waals surface area contributed by atoms with E-state index in [4.69, 9.17) is 5.11 Å². The molecule has 0 aromatic heterocycles. The van der Waals surface area contributed by atoms with Crippen LogP contribution in [0.25, 0.3) is 0 Å². The Bertz CT molecular complexity index is 448. The first-order valence-electron chi connectivity index (χ1n) is 4.98. The Labute approximate surface area is 100 Å². The van der Waals surface area contributed by atoms with Crippen molar-refractivity contribution in [3.05, 3.63) is 33.9 Å². The minimum absolute atomic E-state index is 0.0606. The van der Waals surface area contributed by atoms with Crippen LogP contribution in [-0.2, 0) is 6.18 Å². The zero-order chi connectivity index (χ0) is 13.9. The first-order valence-corrected chi connectivity index (χ1v) is 4.98. The van der Waals surface area contributed by atoms with Crippen LogP contribution in [0, 0.1) is 10.1 Å². The number of nitrogens with one attached hydrogen (secondary N) is 1. The lowest BCUT2D eigenvalue weighted by Crippen LogP contribution is -2.20. The highest BCUT2D eigenvalue weighted by atomic mass is 19.4. The number of anilines is 1. The molecule has 8 heteroatoms. The van der Waals surface area contributed by atoms with Gasteiger partial charge < -0.3 is 10.4 Å².